The van der Waals surface area contributed by atoms with Crippen molar-refractivity contribution in [2.24, 2.45) is 0 Å². The van der Waals surface area contributed by atoms with E-state index in [-0.39, 0.29) is 5.91 Å². The molecule has 0 aromatic heterocycles. The van der Waals surface area contributed by atoms with Gasteiger partial charge in [0, 0.05) is 26.6 Å². The monoisotopic (exact) mass is 248 g/mol. The van der Waals surface area contributed by atoms with Crippen LogP contribution in [0.25, 0.3) is 0 Å². The number of amides is 1. The summed E-state index contributed by atoms with van der Waals surface area (Å²) in [6.45, 7) is 7.66. The number of rotatable bonds is 8. The molecular weight excluding hydrogens is 224 g/mol. The number of hydrogen-bond acceptors (Lipinski definition) is 2. The molecule has 1 aromatic rings. The zero-order valence-electron chi connectivity index (χ0n) is 11.5. The maximum absolute atomic E-state index is 10.8. The largest absolute Gasteiger partial charge is 0.356 e. The number of benzene rings is 1. The van der Waals surface area contributed by atoms with Crippen molar-refractivity contribution in [2.75, 3.05) is 19.6 Å². The summed E-state index contributed by atoms with van der Waals surface area (Å²) in [5.41, 5.74) is 1.35. The molecule has 0 atom stereocenters. The van der Waals surface area contributed by atoms with Gasteiger partial charge in [-0.15, -0.1) is 0 Å². The fourth-order valence-corrected chi connectivity index (χ4v) is 1.99. The first-order valence-corrected chi connectivity index (χ1v) is 6.73. The molecule has 0 aliphatic rings. The molecule has 1 aromatic carbocycles. The van der Waals surface area contributed by atoms with Crippen LogP contribution in [0, 0.1) is 0 Å². The van der Waals surface area contributed by atoms with Gasteiger partial charge in [0.1, 0.15) is 0 Å². The molecular formula is C15H24N2O. The van der Waals surface area contributed by atoms with E-state index in [4.69, 9.17) is 0 Å². The van der Waals surface area contributed by atoms with Crippen molar-refractivity contribution in [2.45, 2.75) is 33.2 Å². The Morgan fingerprint density at radius 3 is 2.56 bits per heavy atom. The minimum absolute atomic E-state index is 0.0556. The van der Waals surface area contributed by atoms with E-state index in [1.807, 2.05) is 6.07 Å². The lowest BCUT2D eigenvalue weighted by Gasteiger charge is -2.21. The third-order valence-electron chi connectivity index (χ3n) is 2.81. The van der Waals surface area contributed by atoms with E-state index in [1.54, 1.807) is 6.92 Å². The van der Waals surface area contributed by atoms with Crippen molar-refractivity contribution < 1.29 is 4.79 Å². The zero-order valence-corrected chi connectivity index (χ0v) is 11.5. The number of nitrogens with zero attached hydrogens (tertiary/aromatic N) is 1. The van der Waals surface area contributed by atoms with Crippen LogP contribution in [-0.2, 0) is 11.3 Å². The average Bonchev–Trinajstić information content (AvgIpc) is 2.36. The van der Waals surface area contributed by atoms with Crippen LogP contribution >= 0.6 is 0 Å². The molecule has 0 fully saturated rings. The van der Waals surface area contributed by atoms with E-state index < -0.39 is 0 Å². The Kier molecular flexibility index (Phi) is 7.11. The van der Waals surface area contributed by atoms with Gasteiger partial charge in [-0.1, -0.05) is 37.3 Å². The summed E-state index contributed by atoms with van der Waals surface area (Å²) in [5.74, 6) is 0.0556. The van der Waals surface area contributed by atoms with Gasteiger partial charge in [0.05, 0.1) is 0 Å². The van der Waals surface area contributed by atoms with Crippen LogP contribution in [0.1, 0.15) is 32.3 Å². The van der Waals surface area contributed by atoms with Crippen LogP contribution in [0.15, 0.2) is 30.3 Å². The van der Waals surface area contributed by atoms with E-state index >= 15 is 0 Å². The highest BCUT2D eigenvalue weighted by Crippen LogP contribution is 2.05. The molecule has 0 saturated carbocycles. The lowest BCUT2D eigenvalue weighted by molar-refractivity contribution is -0.118. The van der Waals surface area contributed by atoms with Crippen LogP contribution in [0.2, 0.25) is 0 Å². The highest BCUT2D eigenvalue weighted by atomic mass is 16.1. The smallest absolute Gasteiger partial charge is 0.216 e. The van der Waals surface area contributed by atoms with Gasteiger partial charge in [0.2, 0.25) is 5.91 Å². The Morgan fingerprint density at radius 1 is 1.22 bits per heavy atom. The molecule has 0 spiro atoms. The lowest BCUT2D eigenvalue weighted by atomic mass is 10.2. The zero-order chi connectivity index (χ0) is 13.2. The summed E-state index contributed by atoms with van der Waals surface area (Å²) < 4.78 is 0. The second-order valence-corrected chi connectivity index (χ2v) is 4.60. The number of carbonyl (C=O) groups excluding carboxylic acids is 1. The van der Waals surface area contributed by atoms with Gasteiger partial charge in [0.15, 0.2) is 0 Å². The molecule has 1 amide bonds. The summed E-state index contributed by atoms with van der Waals surface area (Å²) >= 11 is 0. The topological polar surface area (TPSA) is 32.3 Å². The third kappa shape index (κ3) is 6.40. The number of carbonyl (C=O) groups is 1. The van der Waals surface area contributed by atoms with Gasteiger partial charge in [-0.2, -0.15) is 0 Å². The van der Waals surface area contributed by atoms with Crippen molar-refractivity contribution >= 4 is 5.91 Å². The van der Waals surface area contributed by atoms with E-state index in [9.17, 15) is 4.79 Å². The molecule has 0 heterocycles. The maximum atomic E-state index is 10.8. The molecule has 0 radical (unpaired) electrons. The van der Waals surface area contributed by atoms with Crippen LogP contribution in [0.5, 0.6) is 0 Å². The Morgan fingerprint density at radius 2 is 1.94 bits per heavy atom. The first-order valence-electron chi connectivity index (χ1n) is 6.73. The summed E-state index contributed by atoms with van der Waals surface area (Å²) in [4.78, 5) is 13.2. The van der Waals surface area contributed by atoms with Crippen LogP contribution < -0.4 is 5.32 Å². The molecule has 0 aliphatic heterocycles. The predicted octanol–water partition coefficient (Wildman–Crippen LogP) is 2.42. The number of nitrogens with one attached hydrogen (secondary N) is 1. The normalized spacial score (nSPS) is 10.6. The van der Waals surface area contributed by atoms with Crippen molar-refractivity contribution in [3.63, 3.8) is 0 Å². The summed E-state index contributed by atoms with van der Waals surface area (Å²) in [5, 5.41) is 2.84. The quantitative estimate of drug-likeness (QED) is 0.717. The SMILES string of the molecule is CCCN(CCCNC(C)=O)Cc1ccccc1. The molecule has 3 nitrogen and oxygen atoms in total. The molecule has 3 heteroatoms. The van der Waals surface area contributed by atoms with Crippen LogP contribution in [0.3, 0.4) is 0 Å². The maximum Gasteiger partial charge on any atom is 0.216 e. The first kappa shape index (κ1) is 14.7. The van der Waals surface area contributed by atoms with Crippen molar-refractivity contribution in [3.05, 3.63) is 35.9 Å². The summed E-state index contributed by atoms with van der Waals surface area (Å²) in [6, 6.07) is 10.5. The minimum Gasteiger partial charge on any atom is -0.356 e. The standard InChI is InChI=1S/C15H24N2O/c1-3-11-17(12-7-10-16-14(2)18)13-15-8-5-4-6-9-15/h4-6,8-9H,3,7,10-13H2,1-2H3,(H,16,18). The van der Waals surface area contributed by atoms with Crippen LogP contribution in [-0.4, -0.2) is 30.4 Å². The number of hydrogen-bond donors (Lipinski definition) is 1. The minimum atomic E-state index is 0.0556. The van der Waals surface area contributed by atoms with Crippen LogP contribution in [0.4, 0.5) is 0 Å². The van der Waals surface area contributed by atoms with E-state index in [0.717, 1.165) is 39.0 Å². The Labute approximate surface area is 110 Å². The van der Waals surface area contributed by atoms with E-state index in [2.05, 4.69) is 41.4 Å². The molecule has 0 aliphatic carbocycles. The van der Waals surface area contributed by atoms with Gasteiger partial charge in [-0.25, -0.2) is 0 Å². The lowest BCUT2D eigenvalue weighted by Crippen LogP contribution is -2.29. The Balaban J connectivity index is 2.33. The van der Waals surface area contributed by atoms with Gasteiger partial charge >= 0.3 is 0 Å². The summed E-state index contributed by atoms with van der Waals surface area (Å²) in [6.07, 6.45) is 2.17. The molecule has 18 heavy (non-hydrogen) atoms. The molecule has 1 rings (SSSR count). The van der Waals surface area contributed by atoms with E-state index in [0.29, 0.717) is 0 Å². The average molecular weight is 248 g/mol. The van der Waals surface area contributed by atoms with Crippen molar-refractivity contribution in [1.29, 1.82) is 0 Å². The third-order valence-corrected chi connectivity index (χ3v) is 2.81. The Bertz CT molecular complexity index is 338. The van der Waals surface area contributed by atoms with Gasteiger partial charge in [-0.05, 0) is 24.9 Å². The van der Waals surface area contributed by atoms with E-state index in [1.165, 1.54) is 5.56 Å². The highest BCUT2D eigenvalue weighted by Gasteiger charge is 2.04. The van der Waals surface area contributed by atoms with Gasteiger partial charge < -0.3 is 5.32 Å². The van der Waals surface area contributed by atoms with Crippen molar-refractivity contribution in [3.8, 4) is 0 Å². The Hall–Kier alpha value is -1.35. The molecule has 0 unspecified atom stereocenters. The molecule has 0 saturated heterocycles. The van der Waals surface area contributed by atoms with Gasteiger partial charge in [-0.3, -0.25) is 9.69 Å². The van der Waals surface area contributed by atoms with Gasteiger partial charge in [0.25, 0.3) is 0 Å². The molecule has 0 bridgehead atoms. The summed E-state index contributed by atoms with van der Waals surface area (Å²) in [7, 11) is 0. The fourth-order valence-electron chi connectivity index (χ4n) is 1.99. The van der Waals surface area contributed by atoms with Crippen molar-refractivity contribution in [1.82, 2.24) is 10.2 Å². The molecule has 100 valence electrons. The first-order chi connectivity index (χ1) is 8.72. The molecule has 1 N–H and O–H groups in total. The second-order valence-electron chi connectivity index (χ2n) is 4.60. The predicted molar refractivity (Wildman–Crippen MR) is 75.3 cm³/mol. The highest BCUT2D eigenvalue weighted by molar-refractivity contribution is 5.72. The second kappa shape index (κ2) is 8.70. The fraction of sp³-hybridized carbons (Fsp3) is 0.533.